The summed E-state index contributed by atoms with van der Waals surface area (Å²) < 4.78 is 0. The van der Waals surface area contributed by atoms with E-state index in [0.29, 0.717) is 0 Å². The van der Waals surface area contributed by atoms with E-state index in [4.69, 9.17) is 0 Å². The van der Waals surface area contributed by atoms with Gasteiger partial charge in [0.1, 0.15) is 0 Å². The fraction of sp³-hybridized carbons (Fsp3) is 0.263. The van der Waals surface area contributed by atoms with Crippen LogP contribution in [0.5, 0.6) is 0 Å². The van der Waals surface area contributed by atoms with Crippen LogP contribution in [0.1, 0.15) is 24.2 Å². The number of aliphatic hydroxyl groups excluding tert-OH is 1. The maximum atomic E-state index is 10.3. The van der Waals surface area contributed by atoms with Gasteiger partial charge in [0, 0.05) is 5.92 Å². The predicted octanol–water partition coefficient (Wildman–Crippen LogP) is -0.363. The van der Waals surface area contributed by atoms with Crippen LogP contribution in [0.15, 0.2) is 66.7 Å². The Hall–Kier alpha value is -1.61. The fourth-order valence-electron chi connectivity index (χ4n) is 2.33. The molecule has 22 heavy (non-hydrogen) atoms. The number of benzene rings is 2. The summed E-state index contributed by atoms with van der Waals surface area (Å²) in [6.07, 6.45) is 3.91. The van der Waals surface area contributed by atoms with Crippen molar-refractivity contribution >= 4 is 6.08 Å². The summed E-state index contributed by atoms with van der Waals surface area (Å²) in [4.78, 5) is 0. The first-order valence-corrected chi connectivity index (χ1v) is 7.53. The quantitative estimate of drug-likeness (QED) is 0.672. The van der Waals surface area contributed by atoms with Crippen LogP contribution in [0.3, 0.4) is 0 Å². The van der Waals surface area contributed by atoms with Gasteiger partial charge in [0.25, 0.3) is 0 Å². The summed E-state index contributed by atoms with van der Waals surface area (Å²) in [5.74, 6) is 0.234. The minimum Gasteiger partial charge on any atom is -1.00 e. The zero-order valence-electron chi connectivity index (χ0n) is 12.9. The molecule has 0 aliphatic carbocycles. The van der Waals surface area contributed by atoms with Crippen molar-refractivity contribution in [3.8, 4) is 0 Å². The molecule has 0 unspecified atom stereocenters. The number of quaternary nitrogens is 1. The summed E-state index contributed by atoms with van der Waals surface area (Å²) >= 11 is 0. The summed E-state index contributed by atoms with van der Waals surface area (Å²) in [7, 11) is 0. The minimum absolute atomic E-state index is 0. The Morgan fingerprint density at radius 3 is 2.23 bits per heavy atom. The number of hydrogen-bond donors (Lipinski definition) is 2. The molecule has 0 saturated heterocycles. The van der Waals surface area contributed by atoms with E-state index in [0.717, 1.165) is 18.7 Å². The Kier molecular flexibility index (Phi) is 8.53. The SMILES string of the molecule is C[C@H](C[NH2+]CC=Cc1ccccc1)[C@H](O)c1ccccc1.[Cl-]. The number of aliphatic hydroxyl groups is 1. The zero-order chi connectivity index (χ0) is 14.9. The van der Waals surface area contributed by atoms with Crippen LogP contribution in [-0.2, 0) is 0 Å². The summed E-state index contributed by atoms with van der Waals surface area (Å²) in [6, 6.07) is 20.2. The molecule has 0 amide bonds. The van der Waals surface area contributed by atoms with Gasteiger partial charge >= 0.3 is 0 Å². The van der Waals surface area contributed by atoms with E-state index in [-0.39, 0.29) is 24.4 Å². The van der Waals surface area contributed by atoms with Crippen molar-refractivity contribution in [3.63, 3.8) is 0 Å². The average Bonchev–Trinajstić information content (AvgIpc) is 2.55. The van der Waals surface area contributed by atoms with Gasteiger partial charge in [0.2, 0.25) is 0 Å². The maximum Gasteiger partial charge on any atom is 0.0945 e. The van der Waals surface area contributed by atoms with E-state index in [2.05, 4.69) is 36.5 Å². The van der Waals surface area contributed by atoms with Gasteiger partial charge in [-0.1, -0.05) is 73.7 Å². The standard InChI is InChI=1S/C19H23NO.ClH/c1-16(19(21)18-12-6-3-7-13-18)15-20-14-8-11-17-9-4-2-5-10-17;/h2-13,16,19-21H,14-15H2,1H3;1H/t16-,19+;/m1./s1. The van der Waals surface area contributed by atoms with Crippen molar-refractivity contribution in [1.29, 1.82) is 0 Å². The van der Waals surface area contributed by atoms with Crippen molar-refractivity contribution in [2.24, 2.45) is 5.92 Å². The molecule has 0 spiro atoms. The van der Waals surface area contributed by atoms with Crippen LogP contribution >= 0.6 is 0 Å². The predicted molar refractivity (Wildman–Crippen MR) is 87.7 cm³/mol. The molecule has 0 radical (unpaired) electrons. The number of rotatable bonds is 7. The second-order valence-electron chi connectivity index (χ2n) is 5.41. The van der Waals surface area contributed by atoms with Gasteiger partial charge in [-0.2, -0.15) is 0 Å². The summed E-state index contributed by atoms with van der Waals surface area (Å²) in [5.41, 5.74) is 2.22. The molecule has 0 aromatic heterocycles. The second-order valence-corrected chi connectivity index (χ2v) is 5.41. The average molecular weight is 318 g/mol. The molecule has 2 nitrogen and oxygen atoms in total. The molecule has 2 atom stereocenters. The Morgan fingerprint density at radius 2 is 1.59 bits per heavy atom. The molecule has 2 aromatic rings. The van der Waals surface area contributed by atoms with E-state index in [1.54, 1.807) is 0 Å². The van der Waals surface area contributed by atoms with Crippen LogP contribution in [0.4, 0.5) is 0 Å². The zero-order valence-corrected chi connectivity index (χ0v) is 13.7. The van der Waals surface area contributed by atoms with Gasteiger partial charge in [-0.15, -0.1) is 0 Å². The molecule has 118 valence electrons. The fourth-order valence-corrected chi connectivity index (χ4v) is 2.33. The van der Waals surface area contributed by atoms with Gasteiger partial charge in [0.05, 0.1) is 19.2 Å². The largest absolute Gasteiger partial charge is 1.00 e. The first kappa shape index (κ1) is 18.4. The van der Waals surface area contributed by atoms with E-state index >= 15 is 0 Å². The molecule has 0 fully saturated rings. The lowest BCUT2D eigenvalue weighted by Gasteiger charge is -2.17. The van der Waals surface area contributed by atoms with Crippen LogP contribution < -0.4 is 17.7 Å². The second kappa shape index (κ2) is 10.2. The molecule has 0 aliphatic heterocycles. The van der Waals surface area contributed by atoms with E-state index in [1.807, 2.05) is 48.5 Å². The number of hydrogen-bond acceptors (Lipinski definition) is 1. The van der Waals surface area contributed by atoms with E-state index in [9.17, 15) is 5.11 Å². The van der Waals surface area contributed by atoms with Gasteiger partial charge < -0.3 is 22.8 Å². The van der Waals surface area contributed by atoms with Crippen LogP contribution in [0.2, 0.25) is 0 Å². The highest BCUT2D eigenvalue weighted by molar-refractivity contribution is 5.48. The molecule has 3 heteroatoms. The Morgan fingerprint density at radius 1 is 1.00 bits per heavy atom. The third kappa shape index (κ3) is 6.02. The lowest BCUT2D eigenvalue weighted by molar-refractivity contribution is -0.652. The third-order valence-electron chi connectivity index (χ3n) is 3.63. The topological polar surface area (TPSA) is 36.8 Å². The van der Waals surface area contributed by atoms with Gasteiger partial charge in [0.15, 0.2) is 0 Å². The molecule has 0 heterocycles. The van der Waals surface area contributed by atoms with Crippen LogP contribution in [0, 0.1) is 5.92 Å². The number of nitrogens with two attached hydrogens (primary N) is 1. The van der Waals surface area contributed by atoms with Crippen molar-refractivity contribution in [1.82, 2.24) is 0 Å². The molecule has 3 N–H and O–H groups in total. The Balaban J connectivity index is 0.00000242. The van der Waals surface area contributed by atoms with Crippen LogP contribution in [0.25, 0.3) is 6.08 Å². The Bertz CT molecular complexity index is 542. The van der Waals surface area contributed by atoms with Gasteiger partial charge in [-0.25, -0.2) is 0 Å². The van der Waals surface area contributed by atoms with Crippen molar-refractivity contribution in [2.45, 2.75) is 13.0 Å². The number of halogens is 1. The summed E-state index contributed by atoms with van der Waals surface area (Å²) in [5, 5.41) is 12.5. The maximum absolute atomic E-state index is 10.3. The minimum atomic E-state index is -0.388. The molecular formula is C19H24ClNO. The first-order valence-electron chi connectivity index (χ1n) is 7.53. The lowest BCUT2D eigenvalue weighted by atomic mass is 9.97. The molecular weight excluding hydrogens is 294 g/mol. The highest BCUT2D eigenvalue weighted by atomic mass is 35.5. The first-order chi connectivity index (χ1) is 10.3. The van der Waals surface area contributed by atoms with Crippen LogP contribution in [-0.4, -0.2) is 18.2 Å². The monoisotopic (exact) mass is 317 g/mol. The highest BCUT2D eigenvalue weighted by Gasteiger charge is 2.16. The summed E-state index contributed by atoms with van der Waals surface area (Å²) in [6.45, 7) is 3.94. The third-order valence-corrected chi connectivity index (χ3v) is 3.63. The van der Waals surface area contributed by atoms with Crippen molar-refractivity contribution in [3.05, 3.63) is 77.9 Å². The molecule has 2 aromatic carbocycles. The van der Waals surface area contributed by atoms with Gasteiger partial charge in [-0.05, 0) is 17.2 Å². The molecule has 0 aliphatic rings. The highest BCUT2D eigenvalue weighted by Crippen LogP contribution is 2.19. The molecule has 0 saturated carbocycles. The van der Waals surface area contributed by atoms with Gasteiger partial charge in [-0.3, -0.25) is 0 Å². The van der Waals surface area contributed by atoms with E-state index < -0.39 is 0 Å². The lowest BCUT2D eigenvalue weighted by Crippen LogP contribution is -3.00. The van der Waals surface area contributed by atoms with Crippen molar-refractivity contribution < 1.29 is 22.8 Å². The normalized spacial score (nSPS) is 13.5. The molecule has 2 rings (SSSR count). The molecule has 0 bridgehead atoms. The van der Waals surface area contributed by atoms with E-state index in [1.165, 1.54) is 5.56 Å². The smallest absolute Gasteiger partial charge is 0.0945 e. The Labute approximate surface area is 139 Å². The van der Waals surface area contributed by atoms with Crippen molar-refractivity contribution in [2.75, 3.05) is 13.1 Å².